The number of carbonyl (C=O) groups is 1. The summed E-state index contributed by atoms with van der Waals surface area (Å²) in [6.45, 7) is 1.41. The number of hydrogen-bond donors (Lipinski definition) is 2. The van der Waals surface area contributed by atoms with Crippen LogP contribution in [0.5, 0.6) is 0 Å². The number of carbonyl (C=O) groups excluding carboxylic acids is 1. The number of anilines is 2. The van der Waals surface area contributed by atoms with Gasteiger partial charge in [-0.3, -0.25) is 9.52 Å². The van der Waals surface area contributed by atoms with E-state index in [1.165, 1.54) is 13.0 Å². The fraction of sp³-hybridized carbons (Fsp3) is 0.0556. The Kier molecular flexibility index (Phi) is 4.65. The van der Waals surface area contributed by atoms with Crippen molar-refractivity contribution in [3.8, 4) is 0 Å². The summed E-state index contributed by atoms with van der Waals surface area (Å²) in [4.78, 5) is 11.2. The van der Waals surface area contributed by atoms with Gasteiger partial charge < -0.3 is 5.32 Å². The molecule has 0 atom stereocenters. The van der Waals surface area contributed by atoms with Crippen molar-refractivity contribution >= 4 is 49.7 Å². The van der Waals surface area contributed by atoms with E-state index >= 15 is 0 Å². The van der Waals surface area contributed by atoms with Crippen LogP contribution in [0.15, 0.2) is 65.6 Å². The topological polar surface area (TPSA) is 75.3 Å². The highest BCUT2D eigenvalue weighted by Gasteiger charge is 2.18. The first-order valence-corrected chi connectivity index (χ1v) is 9.31. The molecule has 0 fully saturated rings. The Balaban J connectivity index is 1.95. The summed E-state index contributed by atoms with van der Waals surface area (Å²) in [6, 6.07) is 16.5. The second-order valence-electron chi connectivity index (χ2n) is 5.46. The monoisotopic (exact) mass is 374 g/mol. The normalized spacial score (nSPS) is 11.3. The van der Waals surface area contributed by atoms with Crippen molar-refractivity contribution < 1.29 is 13.2 Å². The van der Waals surface area contributed by atoms with Crippen molar-refractivity contribution in [3.05, 3.63) is 65.7 Å². The average molecular weight is 375 g/mol. The molecule has 0 aliphatic rings. The van der Waals surface area contributed by atoms with E-state index in [-0.39, 0.29) is 10.8 Å². The molecule has 25 heavy (non-hydrogen) atoms. The van der Waals surface area contributed by atoms with E-state index in [0.29, 0.717) is 27.2 Å². The summed E-state index contributed by atoms with van der Waals surface area (Å²) in [6.07, 6.45) is 0. The third kappa shape index (κ3) is 3.75. The summed E-state index contributed by atoms with van der Waals surface area (Å²) < 4.78 is 28.1. The summed E-state index contributed by atoms with van der Waals surface area (Å²) >= 11 is 6.15. The highest BCUT2D eigenvalue weighted by atomic mass is 35.5. The Morgan fingerprint density at radius 1 is 0.880 bits per heavy atom. The lowest BCUT2D eigenvalue weighted by Gasteiger charge is -2.12. The maximum absolute atomic E-state index is 12.8. The molecule has 0 spiro atoms. The second kappa shape index (κ2) is 6.74. The molecular weight excluding hydrogens is 360 g/mol. The quantitative estimate of drug-likeness (QED) is 0.716. The maximum atomic E-state index is 12.8. The molecule has 5 nitrogen and oxygen atoms in total. The van der Waals surface area contributed by atoms with Crippen molar-refractivity contribution in [1.29, 1.82) is 0 Å². The van der Waals surface area contributed by atoms with Gasteiger partial charge in [0.2, 0.25) is 5.91 Å². The summed E-state index contributed by atoms with van der Waals surface area (Å²) in [5.74, 6) is -0.194. The maximum Gasteiger partial charge on any atom is 0.262 e. The molecule has 0 unspecified atom stereocenters. The van der Waals surface area contributed by atoms with E-state index in [9.17, 15) is 13.2 Å². The summed E-state index contributed by atoms with van der Waals surface area (Å²) in [7, 11) is -3.79. The molecule has 0 aromatic heterocycles. The highest BCUT2D eigenvalue weighted by molar-refractivity contribution is 7.93. The van der Waals surface area contributed by atoms with Crippen LogP contribution in [0.3, 0.4) is 0 Å². The zero-order valence-electron chi connectivity index (χ0n) is 13.3. The molecule has 0 heterocycles. The van der Waals surface area contributed by atoms with Crippen LogP contribution in [0.25, 0.3) is 10.8 Å². The third-order valence-corrected chi connectivity index (χ3v) is 5.35. The lowest BCUT2D eigenvalue weighted by molar-refractivity contribution is -0.114. The zero-order chi connectivity index (χ0) is 18.0. The highest BCUT2D eigenvalue weighted by Crippen LogP contribution is 2.30. The molecule has 0 radical (unpaired) electrons. The van der Waals surface area contributed by atoms with Gasteiger partial charge >= 0.3 is 0 Å². The molecule has 1 amide bonds. The van der Waals surface area contributed by atoms with Gasteiger partial charge in [-0.25, -0.2) is 8.42 Å². The predicted molar refractivity (Wildman–Crippen MR) is 101 cm³/mol. The van der Waals surface area contributed by atoms with Gasteiger partial charge in [-0.15, -0.1) is 0 Å². The predicted octanol–water partition coefficient (Wildman–Crippen LogP) is 4.25. The molecule has 128 valence electrons. The van der Waals surface area contributed by atoms with Crippen LogP contribution in [0, 0.1) is 0 Å². The molecule has 3 aromatic rings. The number of nitrogens with one attached hydrogen (secondary N) is 2. The number of fused-ring (bicyclic) bond motifs is 1. The van der Waals surface area contributed by atoms with Crippen molar-refractivity contribution in [2.24, 2.45) is 0 Å². The lowest BCUT2D eigenvalue weighted by atomic mass is 10.1. The molecule has 0 aliphatic carbocycles. The van der Waals surface area contributed by atoms with Gasteiger partial charge in [-0.2, -0.15) is 0 Å². The fourth-order valence-corrected chi connectivity index (χ4v) is 4.00. The van der Waals surface area contributed by atoms with Crippen molar-refractivity contribution in [2.75, 3.05) is 10.0 Å². The minimum Gasteiger partial charge on any atom is -0.326 e. The van der Waals surface area contributed by atoms with Crippen molar-refractivity contribution in [2.45, 2.75) is 11.8 Å². The van der Waals surface area contributed by atoms with E-state index in [1.807, 2.05) is 0 Å². The van der Waals surface area contributed by atoms with Gasteiger partial charge in [-0.05, 0) is 36.4 Å². The van der Waals surface area contributed by atoms with Crippen molar-refractivity contribution in [1.82, 2.24) is 0 Å². The first kappa shape index (κ1) is 17.3. The Labute approximate surface area is 150 Å². The van der Waals surface area contributed by atoms with E-state index in [1.54, 1.807) is 54.6 Å². The van der Waals surface area contributed by atoms with Gasteiger partial charge in [0.1, 0.15) is 0 Å². The van der Waals surface area contributed by atoms with Crippen LogP contribution in [0.4, 0.5) is 11.4 Å². The molecule has 3 aromatic carbocycles. The van der Waals surface area contributed by atoms with Crippen LogP contribution in [0.2, 0.25) is 5.02 Å². The Morgan fingerprint density at radius 3 is 2.12 bits per heavy atom. The summed E-state index contributed by atoms with van der Waals surface area (Å²) in [5, 5.41) is 4.35. The van der Waals surface area contributed by atoms with Crippen LogP contribution < -0.4 is 10.0 Å². The molecule has 0 aliphatic heterocycles. The second-order valence-corrected chi connectivity index (χ2v) is 7.51. The number of rotatable bonds is 4. The van der Waals surface area contributed by atoms with Crippen LogP contribution in [0.1, 0.15) is 6.92 Å². The minimum atomic E-state index is -3.79. The summed E-state index contributed by atoms with van der Waals surface area (Å²) in [5.41, 5.74) is 0.987. The largest absolute Gasteiger partial charge is 0.326 e. The smallest absolute Gasteiger partial charge is 0.262 e. The van der Waals surface area contributed by atoms with Crippen LogP contribution >= 0.6 is 11.6 Å². The van der Waals surface area contributed by atoms with E-state index < -0.39 is 10.0 Å². The van der Waals surface area contributed by atoms with Gasteiger partial charge in [-0.1, -0.05) is 35.9 Å². The molecular formula is C18H15ClN2O3S. The first-order chi connectivity index (χ1) is 11.9. The molecule has 2 N–H and O–H groups in total. The minimum absolute atomic E-state index is 0.151. The third-order valence-electron chi connectivity index (χ3n) is 3.58. The number of sulfonamides is 1. The Bertz CT molecular complexity index is 1050. The van der Waals surface area contributed by atoms with Gasteiger partial charge in [0.15, 0.2) is 0 Å². The van der Waals surface area contributed by atoms with Crippen molar-refractivity contribution in [3.63, 3.8) is 0 Å². The first-order valence-electron chi connectivity index (χ1n) is 7.44. The Morgan fingerprint density at radius 2 is 1.48 bits per heavy atom. The molecule has 7 heteroatoms. The Hall–Kier alpha value is -2.57. The van der Waals surface area contributed by atoms with Crippen LogP contribution in [-0.4, -0.2) is 14.3 Å². The fourth-order valence-electron chi connectivity index (χ4n) is 2.50. The number of amides is 1. The van der Waals surface area contributed by atoms with Gasteiger partial charge in [0.25, 0.3) is 10.0 Å². The molecule has 3 rings (SSSR count). The molecule has 0 bridgehead atoms. The van der Waals surface area contributed by atoms with E-state index in [0.717, 1.165) is 0 Å². The number of halogens is 1. The molecule has 0 saturated heterocycles. The van der Waals surface area contributed by atoms with Gasteiger partial charge in [0, 0.05) is 34.1 Å². The van der Waals surface area contributed by atoms with E-state index in [4.69, 9.17) is 11.6 Å². The number of hydrogen-bond acceptors (Lipinski definition) is 3. The molecule has 0 saturated carbocycles. The zero-order valence-corrected chi connectivity index (χ0v) is 14.9. The van der Waals surface area contributed by atoms with E-state index in [2.05, 4.69) is 10.0 Å². The van der Waals surface area contributed by atoms with Crippen LogP contribution in [-0.2, 0) is 14.8 Å². The lowest BCUT2D eigenvalue weighted by Crippen LogP contribution is -2.13. The SMILES string of the molecule is CC(=O)Nc1ccc(NS(=O)(=O)c2ccc(Cl)c3ccccc23)cc1. The average Bonchev–Trinajstić information content (AvgIpc) is 2.56. The standard InChI is InChI=1S/C18H15ClN2O3S/c1-12(22)20-13-6-8-14(9-7-13)21-25(23,24)18-11-10-17(19)15-4-2-3-5-16(15)18/h2-11,21H,1H3,(H,20,22). The number of benzene rings is 3. The van der Waals surface area contributed by atoms with Gasteiger partial charge in [0.05, 0.1) is 4.90 Å².